The third-order valence-corrected chi connectivity index (χ3v) is 6.55. The van der Waals surface area contributed by atoms with Gasteiger partial charge in [-0.15, -0.1) is 23.5 Å². The van der Waals surface area contributed by atoms with Gasteiger partial charge in [0.15, 0.2) is 0 Å². The molecule has 1 aliphatic heterocycles. The molecule has 1 amide bonds. The van der Waals surface area contributed by atoms with Gasteiger partial charge in [-0.05, 0) is 48.3 Å². The predicted octanol–water partition coefficient (Wildman–Crippen LogP) is 6.06. The van der Waals surface area contributed by atoms with Gasteiger partial charge in [0, 0.05) is 16.2 Å². The van der Waals surface area contributed by atoms with E-state index in [0.717, 1.165) is 49.3 Å². The van der Waals surface area contributed by atoms with Gasteiger partial charge in [-0.3, -0.25) is 4.79 Å². The zero-order valence-electron chi connectivity index (χ0n) is 17.8. The van der Waals surface area contributed by atoms with Crippen molar-refractivity contribution in [3.63, 3.8) is 0 Å². The topological polar surface area (TPSA) is 51.2 Å². The van der Waals surface area contributed by atoms with Crippen LogP contribution in [0.1, 0.15) is 23.2 Å². The molecule has 3 aromatic rings. The third kappa shape index (κ3) is 4.65. The molecule has 1 aromatic heterocycles. The molecule has 0 saturated heterocycles. The summed E-state index contributed by atoms with van der Waals surface area (Å²) in [6.45, 7) is 2.37. The van der Waals surface area contributed by atoms with E-state index in [1.54, 1.807) is 11.8 Å². The van der Waals surface area contributed by atoms with Crippen molar-refractivity contribution in [1.82, 2.24) is 4.98 Å². The molecule has 0 aliphatic carbocycles. The molecule has 0 radical (unpaired) electrons. The molecule has 0 bridgehead atoms. The molecule has 0 atom stereocenters. The van der Waals surface area contributed by atoms with E-state index in [0.29, 0.717) is 6.61 Å². The average Bonchev–Trinajstić information content (AvgIpc) is 2.80. The van der Waals surface area contributed by atoms with Gasteiger partial charge < -0.3 is 10.1 Å². The highest BCUT2D eigenvalue weighted by Crippen LogP contribution is 2.39. The fraction of sp³-hybridized carbons (Fsp3) is 0.200. The zero-order valence-corrected chi connectivity index (χ0v) is 19.4. The summed E-state index contributed by atoms with van der Waals surface area (Å²) in [4.78, 5) is 18.8. The summed E-state index contributed by atoms with van der Waals surface area (Å²) in [6, 6.07) is 20.2. The Hall–Kier alpha value is -2.70. The fourth-order valence-corrected chi connectivity index (χ4v) is 5.05. The quantitative estimate of drug-likeness (QED) is 0.465. The van der Waals surface area contributed by atoms with Gasteiger partial charge in [0.2, 0.25) is 5.91 Å². The first-order chi connectivity index (χ1) is 15.1. The van der Waals surface area contributed by atoms with Crippen LogP contribution in [-0.2, 0) is 4.79 Å². The number of carbonyl (C=O) groups is 1. The Kier molecular flexibility index (Phi) is 6.68. The van der Waals surface area contributed by atoms with E-state index in [1.807, 2.05) is 61.9 Å². The highest BCUT2D eigenvalue weighted by atomic mass is 32.2. The highest BCUT2D eigenvalue weighted by molar-refractivity contribution is 7.99. The van der Waals surface area contributed by atoms with E-state index < -0.39 is 0 Å². The lowest BCUT2D eigenvalue weighted by Crippen LogP contribution is -2.19. The average molecular weight is 449 g/mol. The number of fused-ring (bicyclic) bond motifs is 1. The number of aromatic nitrogens is 1. The second-order valence-electron chi connectivity index (χ2n) is 7.20. The summed E-state index contributed by atoms with van der Waals surface area (Å²) < 4.78 is 5.99. The normalized spacial score (nSPS) is 12.9. The maximum atomic E-state index is 13.1. The molecular weight excluding hydrogens is 424 g/mol. The highest BCUT2D eigenvalue weighted by Gasteiger charge is 2.23. The van der Waals surface area contributed by atoms with Crippen LogP contribution in [0.5, 0.6) is 5.75 Å². The number of ether oxygens (including phenoxy) is 1. The molecule has 0 fully saturated rings. The number of nitrogens with one attached hydrogen (secondary N) is 1. The smallest absolute Gasteiger partial charge is 0.228 e. The molecule has 1 N–H and O–H groups in total. The van der Waals surface area contributed by atoms with Gasteiger partial charge >= 0.3 is 0 Å². The van der Waals surface area contributed by atoms with E-state index in [9.17, 15) is 4.79 Å². The second-order valence-corrected chi connectivity index (χ2v) is 8.85. The number of carbonyl (C=O) groups excluding carboxylic acids is 1. The van der Waals surface area contributed by atoms with Gasteiger partial charge in [-0.2, -0.15) is 0 Å². The Bertz CT molecular complexity index is 1120. The maximum absolute atomic E-state index is 13.1. The molecule has 6 heteroatoms. The molecule has 2 heterocycles. The van der Waals surface area contributed by atoms with Crippen LogP contribution in [0.3, 0.4) is 0 Å². The molecule has 31 heavy (non-hydrogen) atoms. The number of nitrogens with zero attached hydrogens (tertiary/aromatic N) is 1. The van der Waals surface area contributed by atoms with Crippen molar-refractivity contribution in [2.45, 2.75) is 23.3 Å². The molecule has 4 nitrogen and oxygen atoms in total. The van der Waals surface area contributed by atoms with E-state index in [2.05, 4.69) is 28.5 Å². The van der Waals surface area contributed by atoms with E-state index in [1.165, 1.54) is 11.8 Å². The number of thioether (sulfide) groups is 2. The van der Waals surface area contributed by atoms with Crippen LogP contribution in [0.25, 0.3) is 5.57 Å². The van der Waals surface area contributed by atoms with Gasteiger partial charge in [-0.1, -0.05) is 48.5 Å². The van der Waals surface area contributed by atoms with Crippen LogP contribution in [0.15, 0.2) is 76.2 Å². The minimum Gasteiger partial charge on any atom is -0.489 e. The number of para-hydroxylation sites is 1. The van der Waals surface area contributed by atoms with Crippen molar-refractivity contribution in [3.8, 4) is 5.75 Å². The van der Waals surface area contributed by atoms with E-state index in [-0.39, 0.29) is 12.3 Å². The number of hydrogen-bond acceptors (Lipinski definition) is 5. The third-order valence-electron chi connectivity index (χ3n) is 5.10. The largest absolute Gasteiger partial charge is 0.489 e. The first-order valence-corrected chi connectivity index (χ1v) is 12.4. The summed E-state index contributed by atoms with van der Waals surface area (Å²) in [5, 5.41) is 3.95. The first-order valence-electron chi connectivity index (χ1n) is 9.99. The fourth-order valence-electron chi connectivity index (χ4n) is 3.75. The monoisotopic (exact) mass is 448 g/mol. The lowest BCUT2D eigenvalue weighted by Gasteiger charge is -2.24. The molecule has 0 unspecified atom stereocenters. The molecule has 158 valence electrons. The number of anilines is 1. The number of amides is 1. The van der Waals surface area contributed by atoms with Crippen molar-refractivity contribution >= 4 is 40.7 Å². The number of pyridine rings is 1. The molecule has 4 rings (SSSR count). The second kappa shape index (κ2) is 9.62. The number of rotatable bonds is 6. The Morgan fingerprint density at radius 2 is 1.81 bits per heavy atom. The van der Waals surface area contributed by atoms with Crippen molar-refractivity contribution < 1.29 is 9.53 Å². The van der Waals surface area contributed by atoms with Crippen molar-refractivity contribution in [2.24, 2.45) is 0 Å². The minimum absolute atomic E-state index is 0.0670. The Morgan fingerprint density at radius 1 is 1.06 bits per heavy atom. The lowest BCUT2D eigenvalue weighted by molar-refractivity contribution is -0.115. The van der Waals surface area contributed by atoms with E-state index in [4.69, 9.17) is 4.74 Å². The summed E-state index contributed by atoms with van der Waals surface area (Å²) in [7, 11) is 0. The Balaban J connectivity index is 1.69. The van der Waals surface area contributed by atoms with Gasteiger partial charge in [-0.25, -0.2) is 4.98 Å². The summed E-state index contributed by atoms with van der Waals surface area (Å²) in [5.41, 5.74) is 5.89. The molecule has 0 saturated carbocycles. The van der Waals surface area contributed by atoms with Gasteiger partial charge in [0.05, 0.1) is 12.1 Å². The standard InChI is InChI=1S/C25H24N2O2S2/c1-16-13-21(30-2)24(25(26-16)31-3)27-22(28)14-18-15-29-20-12-8-7-11-19(20)23(18)17-9-5-4-6-10-17/h4-13H,14-15H2,1-3H3,(H,27,28). The van der Waals surface area contributed by atoms with Crippen molar-refractivity contribution in [2.75, 3.05) is 24.4 Å². The molecule has 1 aliphatic rings. The van der Waals surface area contributed by atoms with Gasteiger partial charge in [0.1, 0.15) is 17.4 Å². The SMILES string of the molecule is CSc1cc(C)nc(SC)c1NC(=O)CC1=C(c2ccccc2)c2ccccc2OC1. The predicted molar refractivity (Wildman–Crippen MR) is 130 cm³/mol. The van der Waals surface area contributed by atoms with Crippen LogP contribution in [0, 0.1) is 6.92 Å². The minimum atomic E-state index is -0.0670. The first kappa shape index (κ1) is 21.5. The molecule has 2 aromatic carbocycles. The van der Waals surface area contributed by atoms with Crippen LogP contribution in [0.4, 0.5) is 5.69 Å². The van der Waals surface area contributed by atoms with Gasteiger partial charge in [0.25, 0.3) is 0 Å². The zero-order chi connectivity index (χ0) is 21.8. The number of benzene rings is 2. The molecular formula is C25H24N2O2S2. The number of aryl methyl sites for hydroxylation is 1. The Morgan fingerprint density at radius 3 is 2.55 bits per heavy atom. The van der Waals surface area contributed by atoms with Crippen molar-refractivity contribution in [1.29, 1.82) is 0 Å². The summed E-state index contributed by atoms with van der Waals surface area (Å²) >= 11 is 3.15. The Labute approximate surface area is 191 Å². The number of hydrogen-bond donors (Lipinski definition) is 1. The maximum Gasteiger partial charge on any atom is 0.228 e. The van der Waals surface area contributed by atoms with Crippen molar-refractivity contribution in [3.05, 3.63) is 83.1 Å². The lowest BCUT2D eigenvalue weighted by atomic mass is 9.89. The van der Waals surface area contributed by atoms with Crippen LogP contribution >= 0.6 is 23.5 Å². The van der Waals surface area contributed by atoms with Crippen LogP contribution in [-0.4, -0.2) is 30.0 Å². The molecule has 0 spiro atoms. The van der Waals surface area contributed by atoms with Crippen LogP contribution < -0.4 is 10.1 Å². The van der Waals surface area contributed by atoms with Crippen LogP contribution in [0.2, 0.25) is 0 Å². The summed E-state index contributed by atoms with van der Waals surface area (Å²) in [5.74, 6) is 0.783. The van der Waals surface area contributed by atoms with E-state index >= 15 is 0 Å². The summed E-state index contributed by atoms with van der Waals surface area (Å²) in [6.07, 6.45) is 4.24.